The normalized spacial score (nSPS) is 21.8. The number of benzene rings is 1. The van der Waals surface area contributed by atoms with Gasteiger partial charge in [-0.1, -0.05) is 6.07 Å². The van der Waals surface area contributed by atoms with E-state index in [1.807, 2.05) is 6.07 Å². The van der Waals surface area contributed by atoms with Crippen LogP contribution in [0.5, 0.6) is 0 Å². The van der Waals surface area contributed by atoms with Crippen LogP contribution in [0.25, 0.3) is 22.2 Å². The number of hydrogen-bond acceptors (Lipinski definition) is 5. The summed E-state index contributed by atoms with van der Waals surface area (Å²) in [6, 6.07) is 7.38. The van der Waals surface area contributed by atoms with Crippen LogP contribution in [0.2, 0.25) is 0 Å². The third kappa shape index (κ3) is 3.79. The molecule has 0 radical (unpaired) electrons. The van der Waals surface area contributed by atoms with Gasteiger partial charge in [0.05, 0.1) is 17.3 Å². The predicted octanol–water partition coefficient (Wildman–Crippen LogP) is 4.94. The van der Waals surface area contributed by atoms with E-state index in [0.29, 0.717) is 28.1 Å². The van der Waals surface area contributed by atoms with Crippen molar-refractivity contribution in [2.75, 3.05) is 18.4 Å². The van der Waals surface area contributed by atoms with Crippen molar-refractivity contribution in [2.24, 2.45) is 0 Å². The zero-order valence-electron chi connectivity index (χ0n) is 17.4. The number of hydrogen-bond donors (Lipinski definition) is 2. The van der Waals surface area contributed by atoms with Crippen LogP contribution < -0.4 is 5.32 Å². The summed E-state index contributed by atoms with van der Waals surface area (Å²) in [5.41, 5.74) is 0.314. The number of alkyl halides is 3. The van der Waals surface area contributed by atoms with E-state index in [2.05, 4.69) is 25.2 Å². The van der Waals surface area contributed by atoms with Crippen LogP contribution in [0.15, 0.2) is 30.6 Å². The highest BCUT2D eigenvalue weighted by molar-refractivity contribution is 5.96. The number of likely N-dealkylation sites (tertiary alicyclic amines) is 1. The number of aromatic amines is 1. The number of nitriles is 1. The van der Waals surface area contributed by atoms with Gasteiger partial charge in [0.2, 0.25) is 5.95 Å². The van der Waals surface area contributed by atoms with E-state index in [1.54, 1.807) is 18.2 Å². The number of anilines is 1. The molecule has 1 saturated heterocycles. The Labute approximate surface area is 183 Å². The third-order valence-corrected chi connectivity index (χ3v) is 6.56. The minimum atomic E-state index is -4.59. The summed E-state index contributed by atoms with van der Waals surface area (Å²) < 4.78 is 41.4. The van der Waals surface area contributed by atoms with Crippen molar-refractivity contribution in [3.8, 4) is 17.3 Å². The molecule has 32 heavy (non-hydrogen) atoms. The largest absolute Gasteiger partial charge is 0.419 e. The fraction of sp³-hybridized carbons (Fsp3) is 0.435. The van der Waals surface area contributed by atoms with Gasteiger partial charge in [0.25, 0.3) is 0 Å². The Morgan fingerprint density at radius 3 is 2.72 bits per heavy atom. The molecule has 1 aliphatic heterocycles. The van der Waals surface area contributed by atoms with Gasteiger partial charge in [-0.2, -0.15) is 18.4 Å². The van der Waals surface area contributed by atoms with Crippen molar-refractivity contribution < 1.29 is 13.2 Å². The van der Waals surface area contributed by atoms with Gasteiger partial charge in [0, 0.05) is 40.9 Å². The first-order valence-corrected chi connectivity index (χ1v) is 10.9. The molecule has 0 bridgehead atoms. The van der Waals surface area contributed by atoms with E-state index in [0.717, 1.165) is 38.5 Å². The quantitative estimate of drug-likeness (QED) is 0.600. The zero-order chi connectivity index (χ0) is 22.3. The molecule has 6 nitrogen and oxygen atoms in total. The van der Waals surface area contributed by atoms with Crippen LogP contribution >= 0.6 is 0 Å². The van der Waals surface area contributed by atoms with Crippen LogP contribution in [0.3, 0.4) is 0 Å². The zero-order valence-corrected chi connectivity index (χ0v) is 17.4. The van der Waals surface area contributed by atoms with Crippen molar-refractivity contribution in [2.45, 2.75) is 50.4 Å². The number of H-pyrrole nitrogens is 1. The molecule has 2 atom stereocenters. The molecule has 9 heteroatoms. The number of nitrogens with zero attached hydrogens (tertiary/aromatic N) is 4. The van der Waals surface area contributed by atoms with E-state index < -0.39 is 11.7 Å². The first-order chi connectivity index (χ1) is 15.4. The predicted molar refractivity (Wildman–Crippen MR) is 115 cm³/mol. The monoisotopic (exact) mass is 440 g/mol. The molecule has 3 heterocycles. The molecule has 0 unspecified atom stereocenters. The molecule has 5 rings (SSSR count). The highest BCUT2D eigenvalue weighted by Gasteiger charge is 2.37. The average molecular weight is 440 g/mol. The molecular weight excluding hydrogens is 417 g/mol. The van der Waals surface area contributed by atoms with E-state index >= 15 is 0 Å². The second-order valence-corrected chi connectivity index (χ2v) is 8.52. The molecule has 3 aromatic rings. The molecule has 1 aromatic carbocycles. The van der Waals surface area contributed by atoms with Crippen molar-refractivity contribution >= 4 is 16.9 Å². The van der Waals surface area contributed by atoms with Gasteiger partial charge in [-0.25, -0.2) is 9.97 Å². The molecule has 2 aromatic heterocycles. The Bertz CT molecular complexity index is 1170. The molecule has 2 N–H and O–H groups in total. The molecule has 0 spiro atoms. The van der Waals surface area contributed by atoms with Crippen LogP contribution in [0.4, 0.5) is 19.1 Å². The molecule has 2 fully saturated rings. The summed E-state index contributed by atoms with van der Waals surface area (Å²) in [6.45, 7) is 2.14. The third-order valence-electron chi connectivity index (χ3n) is 6.56. The summed E-state index contributed by atoms with van der Waals surface area (Å²) in [7, 11) is 0. The lowest BCUT2D eigenvalue weighted by Gasteiger charge is -2.29. The summed E-state index contributed by atoms with van der Waals surface area (Å²) in [5, 5.41) is 13.0. The van der Waals surface area contributed by atoms with Crippen LogP contribution in [0.1, 0.15) is 43.2 Å². The lowest BCUT2D eigenvalue weighted by molar-refractivity contribution is -0.137. The summed E-state index contributed by atoms with van der Waals surface area (Å²) in [4.78, 5) is 13.8. The van der Waals surface area contributed by atoms with E-state index in [9.17, 15) is 13.2 Å². The van der Waals surface area contributed by atoms with Crippen molar-refractivity contribution in [1.82, 2.24) is 19.9 Å². The average Bonchev–Trinajstić information content (AvgIpc) is 3.52. The Balaban J connectivity index is 1.52. The number of rotatable bonds is 4. The molecule has 166 valence electrons. The van der Waals surface area contributed by atoms with Crippen LogP contribution in [0, 0.1) is 11.3 Å². The Morgan fingerprint density at radius 1 is 1.16 bits per heavy atom. The summed E-state index contributed by atoms with van der Waals surface area (Å²) in [5.74, 6) is 0.215. The maximum Gasteiger partial charge on any atom is 0.419 e. The van der Waals surface area contributed by atoms with Crippen molar-refractivity contribution in [3.05, 3.63) is 41.7 Å². The van der Waals surface area contributed by atoms with Crippen LogP contribution in [-0.4, -0.2) is 45.0 Å². The van der Waals surface area contributed by atoms with Gasteiger partial charge in [-0.05, 0) is 57.3 Å². The fourth-order valence-electron chi connectivity index (χ4n) is 5.04. The topological polar surface area (TPSA) is 80.6 Å². The maximum atomic E-state index is 13.8. The number of fused-ring (bicyclic) bond motifs is 1. The second-order valence-electron chi connectivity index (χ2n) is 8.52. The lowest BCUT2D eigenvalue weighted by Crippen LogP contribution is -2.42. The van der Waals surface area contributed by atoms with Gasteiger partial charge < -0.3 is 10.3 Å². The summed E-state index contributed by atoms with van der Waals surface area (Å²) >= 11 is 0. The molecule has 1 aliphatic carbocycles. The Morgan fingerprint density at radius 2 is 1.97 bits per heavy atom. The van der Waals surface area contributed by atoms with E-state index in [1.165, 1.54) is 19.0 Å². The molecular formula is C23H23F3N6. The molecule has 2 aliphatic rings. The molecule has 1 saturated carbocycles. The highest BCUT2D eigenvalue weighted by Crippen LogP contribution is 2.39. The van der Waals surface area contributed by atoms with Gasteiger partial charge in [0.1, 0.15) is 5.56 Å². The minimum absolute atomic E-state index is 0.124. The van der Waals surface area contributed by atoms with Gasteiger partial charge in [0.15, 0.2) is 0 Å². The second kappa shape index (κ2) is 8.10. The first kappa shape index (κ1) is 20.8. The Hall–Kier alpha value is -3.12. The number of halogens is 3. The van der Waals surface area contributed by atoms with Crippen LogP contribution in [-0.2, 0) is 6.18 Å². The van der Waals surface area contributed by atoms with E-state index in [-0.39, 0.29) is 17.7 Å². The number of nitrogens with one attached hydrogen (secondary N) is 2. The lowest BCUT2D eigenvalue weighted by atomic mass is 10.0. The van der Waals surface area contributed by atoms with Crippen molar-refractivity contribution in [1.29, 1.82) is 5.26 Å². The number of aromatic nitrogens is 3. The maximum absolute atomic E-state index is 13.8. The van der Waals surface area contributed by atoms with Crippen molar-refractivity contribution in [3.63, 3.8) is 0 Å². The van der Waals surface area contributed by atoms with E-state index in [4.69, 9.17) is 5.26 Å². The highest BCUT2D eigenvalue weighted by atomic mass is 19.4. The standard InChI is InChI=1S/C23H23F3N6/c24-23(25,26)17-13-29-22(30-18-4-3-5-20(18)32-8-1-2-9-32)31-21(17)16-12-28-19-10-14(11-27)6-7-15(16)19/h6-7,10,12-13,18,20,28H,1-5,8-9H2,(H,29,30,31)/t18-,20-/m0/s1. The summed E-state index contributed by atoms with van der Waals surface area (Å²) in [6.07, 6.45) is 3.28. The SMILES string of the molecule is N#Cc1ccc2c(-c3nc(N[C@H]4CCC[C@@H]4N4CCCC4)ncc3C(F)(F)F)c[nH]c2c1. The van der Waals surface area contributed by atoms with Gasteiger partial charge in [-0.15, -0.1) is 0 Å². The minimum Gasteiger partial charge on any atom is -0.360 e. The van der Waals surface area contributed by atoms with Gasteiger partial charge in [-0.3, -0.25) is 4.90 Å². The van der Waals surface area contributed by atoms with Gasteiger partial charge >= 0.3 is 6.18 Å². The molecule has 0 amide bonds. The smallest absolute Gasteiger partial charge is 0.360 e. The first-order valence-electron chi connectivity index (χ1n) is 10.9. The fourth-order valence-corrected chi connectivity index (χ4v) is 5.04. The Kier molecular flexibility index (Phi) is 5.25.